The average molecular weight is 404 g/mol. The zero-order valence-corrected chi connectivity index (χ0v) is 16.7. The summed E-state index contributed by atoms with van der Waals surface area (Å²) in [7, 11) is 0. The molecule has 0 saturated heterocycles. The van der Waals surface area contributed by atoms with Crippen molar-refractivity contribution in [2.24, 2.45) is 4.99 Å². The highest BCUT2D eigenvalue weighted by Gasteiger charge is 2.14. The Morgan fingerprint density at radius 1 is 1.03 bits per heavy atom. The molecule has 0 aliphatic carbocycles. The predicted molar refractivity (Wildman–Crippen MR) is 115 cm³/mol. The van der Waals surface area contributed by atoms with Crippen LogP contribution in [0.3, 0.4) is 0 Å². The van der Waals surface area contributed by atoms with E-state index < -0.39 is 0 Å². The highest BCUT2D eigenvalue weighted by Crippen LogP contribution is 2.20. The van der Waals surface area contributed by atoms with Gasteiger partial charge in [0.25, 0.3) is 5.91 Å². The van der Waals surface area contributed by atoms with Crippen LogP contribution in [0.4, 0.5) is 11.5 Å². The van der Waals surface area contributed by atoms with Crippen LogP contribution in [-0.4, -0.2) is 10.9 Å². The minimum atomic E-state index is -0.363. The van der Waals surface area contributed by atoms with Crippen molar-refractivity contribution in [1.29, 1.82) is 0 Å². The quantitative estimate of drug-likeness (QED) is 0.485. The normalized spacial score (nSPS) is 11.6. The molecule has 29 heavy (non-hydrogen) atoms. The van der Waals surface area contributed by atoms with Crippen LogP contribution in [0.1, 0.15) is 21.5 Å². The first-order valence-corrected chi connectivity index (χ1v) is 9.44. The Morgan fingerprint density at radius 2 is 1.90 bits per heavy atom. The predicted octanol–water partition coefficient (Wildman–Crippen LogP) is 5.58. The van der Waals surface area contributed by atoms with Crippen LogP contribution in [-0.2, 0) is 0 Å². The van der Waals surface area contributed by atoms with Gasteiger partial charge in [0.15, 0.2) is 0 Å². The second kappa shape index (κ2) is 7.89. The summed E-state index contributed by atoms with van der Waals surface area (Å²) in [4.78, 5) is 21.8. The SMILES string of the molecule is Cc1ccc(NC(=O)c2cc3cc(Cl)ccc3oc2=Nc2cccc(C)c2)nc1. The maximum Gasteiger partial charge on any atom is 0.262 e. The molecule has 4 rings (SSSR count). The Morgan fingerprint density at radius 3 is 2.66 bits per heavy atom. The monoisotopic (exact) mass is 403 g/mol. The van der Waals surface area contributed by atoms with Crippen molar-refractivity contribution >= 4 is 40.0 Å². The molecule has 4 aromatic rings. The summed E-state index contributed by atoms with van der Waals surface area (Å²) in [5.74, 6) is 0.0895. The zero-order valence-electron chi connectivity index (χ0n) is 15.9. The molecule has 5 nitrogen and oxygen atoms in total. The lowest BCUT2D eigenvalue weighted by Crippen LogP contribution is -2.22. The second-order valence-electron chi connectivity index (χ2n) is 6.77. The van der Waals surface area contributed by atoms with E-state index in [0.29, 0.717) is 33.1 Å². The number of halogens is 1. The van der Waals surface area contributed by atoms with Crippen molar-refractivity contribution in [3.63, 3.8) is 0 Å². The first kappa shape index (κ1) is 18.9. The number of benzene rings is 2. The average Bonchev–Trinajstić information content (AvgIpc) is 2.69. The lowest BCUT2D eigenvalue weighted by molar-refractivity contribution is 0.102. The number of rotatable bonds is 3. The van der Waals surface area contributed by atoms with Crippen molar-refractivity contribution in [3.05, 3.63) is 94.1 Å². The molecule has 6 heteroatoms. The van der Waals surface area contributed by atoms with Crippen LogP contribution in [0, 0.1) is 13.8 Å². The van der Waals surface area contributed by atoms with E-state index >= 15 is 0 Å². The number of hydrogen-bond acceptors (Lipinski definition) is 4. The van der Waals surface area contributed by atoms with E-state index in [-0.39, 0.29) is 11.5 Å². The molecule has 0 spiro atoms. The first-order chi connectivity index (χ1) is 14.0. The third-order valence-corrected chi connectivity index (χ3v) is 4.57. The van der Waals surface area contributed by atoms with E-state index in [2.05, 4.69) is 15.3 Å². The summed E-state index contributed by atoms with van der Waals surface area (Å²) in [6, 6.07) is 18.3. The van der Waals surface area contributed by atoms with Gasteiger partial charge in [-0.05, 0) is 67.4 Å². The molecule has 0 fully saturated rings. The van der Waals surface area contributed by atoms with Gasteiger partial charge >= 0.3 is 0 Å². The minimum absolute atomic E-state index is 0.218. The number of pyridine rings is 1. The molecule has 2 aromatic carbocycles. The fourth-order valence-electron chi connectivity index (χ4n) is 2.89. The van der Waals surface area contributed by atoms with E-state index in [1.54, 1.807) is 36.5 Å². The van der Waals surface area contributed by atoms with E-state index in [0.717, 1.165) is 11.1 Å². The van der Waals surface area contributed by atoms with E-state index in [4.69, 9.17) is 16.0 Å². The smallest absolute Gasteiger partial charge is 0.262 e. The van der Waals surface area contributed by atoms with Gasteiger partial charge in [0.05, 0.1) is 5.69 Å². The topological polar surface area (TPSA) is 67.5 Å². The molecule has 2 aromatic heterocycles. The van der Waals surface area contributed by atoms with Gasteiger partial charge in [-0.1, -0.05) is 29.8 Å². The van der Waals surface area contributed by atoms with Crippen molar-refractivity contribution in [1.82, 2.24) is 4.98 Å². The van der Waals surface area contributed by atoms with Gasteiger partial charge in [0, 0.05) is 16.6 Å². The maximum atomic E-state index is 13.0. The molecule has 0 aliphatic heterocycles. The van der Waals surface area contributed by atoms with Crippen LogP contribution >= 0.6 is 11.6 Å². The highest BCUT2D eigenvalue weighted by molar-refractivity contribution is 6.31. The summed E-state index contributed by atoms with van der Waals surface area (Å²) >= 11 is 6.11. The van der Waals surface area contributed by atoms with Crippen LogP contribution in [0.15, 0.2) is 76.3 Å². The Bertz CT molecular complexity index is 1280. The zero-order chi connectivity index (χ0) is 20.4. The summed E-state index contributed by atoms with van der Waals surface area (Å²) in [5.41, 5.74) is 3.87. The summed E-state index contributed by atoms with van der Waals surface area (Å²) in [6.45, 7) is 3.92. The number of aryl methyl sites for hydroxylation is 2. The Hall–Kier alpha value is -3.44. The summed E-state index contributed by atoms with van der Waals surface area (Å²) in [6.07, 6.45) is 1.69. The van der Waals surface area contributed by atoms with E-state index in [1.807, 2.05) is 44.2 Å². The molecule has 1 amide bonds. The van der Waals surface area contributed by atoms with Gasteiger partial charge < -0.3 is 9.73 Å². The number of fused-ring (bicyclic) bond motifs is 1. The van der Waals surface area contributed by atoms with Crippen molar-refractivity contribution in [3.8, 4) is 0 Å². The van der Waals surface area contributed by atoms with Crippen LogP contribution in [0.2, 0.25) is 5.02 Å². The molecular weight excluding hydrogens is 386 g/mol. The minimum Gasteiger partial charge on any atom is -0.438 e. The molecule has 0 radical (unpaired) electrons. The number of carbonyl (C=O) groups is 1. The largest absolute Gasteiger partial charge is 0.438 e. The van der Waals surface area contributed by atoms with Crippen LogP contribution < -0.4 is 10.9 Å². The molecule has 0 atom stereocenters. The van der Waals surface area contributed by atoms with Crippen molar-refractivity contribution in [2.75, 3.05) is 5.32 Å². The number of nitrogens with zero attached hydrogens (tertiary/aromatic N) is 2. The number of carbonyl (C=O) groups excluding carboxylic acids is 1. The molecule has 0 saturated carbocycles. The fraction of sp³-hybridized carbons (Fsp3) is 0.0870. The van der Waals surface area contributed by atoms with Crippen LogP contribution in [0.5, 0.6) is 0 Å². The molecule has 0 bridgehead atoms. The summed E-state index contributed by atoms with van der Waals surface area (Å²) < 4.78 is 5.96. The molecular formula is C23H18ClN3O2. The van der Waals surface area contributed by atoms with Gasteiger partial charge in [-0.15, -0.1) is 0 Å². The Labute approximate surface area is 172 Å². The maximum absolute atomic E-state index is 13.0. The Kier molecular flexibility index (Phi) is 5.14. The third-order valence-electron chi connectivity index (χ3n) is 4.34. The number of amides is 1. The number of anilines is 1. The van der Waals surface area contributed by atoms with Gasteiger partial charge in [-0.25, -0.2) is 9.98 Å². The number of aromatic nitrogens is 1. The van der Waals surface area contributed by atoms with Gasteiger partial charge in [-0.2, -0.15) is 0 Å². The molecule has 0 aliphatic rings. The number of hydrogen-bond donors (Lipinski definition) is 1. The Balaban J connectivity index is 1.85. The highest BCUT2D eigenvalue weighted by atomic mass is 35.5. The van der Waals surface area contributed by atoms with Gasteiger partial charge in [-0.3, -0.25) is 4.79 Å². The molecule has 144 valence electrons. The van der Waals surface area contributed by atoms with Crippen molar-refractivity contribution < 1.29 is 9.21 Å². The molecule has 0 unspecified atom stereocenters. The first-order valence-electron chi connectivity index (χ1n) is 9.07. The second-order valence-corrected chi connectivity index (χ2v) is 7.21. The lowest BCUT2D eigenvalue weighted by atomic mass is 10.1. The summed E-state index contributed by atoms with van der Waals surface area (Å²) in [5, 5.41) is 4.07. The van der Waals surface area contributed by atoms with Crippen LogP contribution in [0.25, 0.3) is 11.0 Å². The number of nitrogens with one attached hydrogen (secondary N) is 1. The molecule has 1 N–H and O–H groups in total. The third kappa shape index (κ3) is 4.36. The van der Waals surface area contributed by atoms with E-state index in [9.17, 15) is 4.79 Å². The lowest BCUT2D eigenvalue weighted by Gasteiger charge is -2.07. The van der Waals surface area contributed by atoms with Gasteiger partial charge in [0.1, 0.15) is 17.0 Å². The molecule has 2 heterocycles. The fourth-order valence-corrected chi connectivity index (χ4v) is 3.07. The standard InChI is InChI=1S/C23H18ClN3O2/c1-14-4-3-5-18(10-14)26-23-19(12-16-11-17(24)7-8-20(16)29-23)22(28)27-21-9-6-15(2)13-25-21/h3-13H,1-2H3,(H,25,27,28). The van der Waals surface area contributed by atoms with Crippen molar-refractivity contribution in [2.45, 2.75) is 13.8 Å². The van der Waals surface area contributed by atoms with E-state index in [1.165, 1.54) is 0 Å². The van der Waals surface area contributed by atoms with Gasteiger partial charge in [0.2, 0.25) is 5.55 Å².